The van der Waals surface area contributed by atoms with E-state index in [1.807, 2.05) is 19.1 Å². The number of benzene rings is 1. The van der Waals surface area contributed by atoms with Crippen LogP contribution in [0.15, 0.2) is 42.6 Å². The van der Waals surface area contributed by atoms with Crippen molar-refractivity contribution < 1.29 is 19.1 Å². The summed E-state index contributed by atoms with van der Waals surface area (Å²) in [6.07, 6.45) is 2.34. The molecule has 1 aromatic heterocycles. The summed E-state index contributed by atoms with van der Waals surface area (Å²) in [6.45, 7) is 2.62. The van der Waals surface area contributed by atoms with E-state index < -0.39 is 4.92 Å². The zero-order valence-corrected chi connectivity index (χ0v) is 13.7. The van der Waals surface area contributed by atoms with Gasteiger partial charge in [0.05, 0.1) is 17.6 Å². The maximum absolute atomic E-state index is 10.6. The van der Waals surface area contributed by atoms with Crippen LogP contribution in [0.4, 0.5) is 5.69 Å². The molecular weight excluding hydrogens is 312 g/mol. The van der Waals surface area contributed by atoms with Crippen LogP contribution in [0.3, 0.4) is 0 Å². The number of nitro benzene ring substituents is 1. The van der Waals surface area contributed by atoms with Crippen LogP contribution in [0.25, 0.3) is 0 Å². The highest BCUT2D eigenvalue weighted by Crippen LogP contribution is 2.18. The lowest BCUT2D eigenvalue weighted by molar-refractivity contribution is -0.384. The Kier molecular flexibility index (Phi) is 6.65. The molecule has 0 saturated heterocycles. The Labute approximate surface area is 140 Å². The van der Waals surface area contributed by atoms with E-state index in [2.05, 4.69) is 4.98 Å². The molecule has 2 rings (SSSR count). The number of hydrogen-bond donors (Lipinski definition) is 0. The molecule has 0 aliphatic rings. The van der Waals surface area contributed by atoms with Crippen molar-refractivity contribution in [3.05, 3.63) is 64.0 Å². The molecule has 2 aromatic rings. The van der Waals surface area contributed by atoms with E-state index in [1.165, 1.54) is 12.1 Å². The summed E-state index contributed by atoms with van der Waals surface area (Å²) in [4.78, 5) is 14.5. The summed E-state index contributed by atoms with van der Waals surface area (Å²) < 4.78 is 15.9. The van der Waals surface area contributed by atoms with Gasteiger partial charge in [0.1, 0.15) is 12.5 Å². The van der Waals surface area contributed by atoms with Gasteiger partial charge < -0.3 is 14.2 Å². The van der Waals surface area contributed by atoms with Crippen LogP contribution >= 0.6 is 0 Å². The molecule has 0 aliphatic heterocycles. The third kappa shape index (κ3) is 5.29. The molecule has 1 heterocycles. The molecule has 0 radical (unpaired) electrons. The molecular formula is C17H20N2O5. The second kappa shape index (κ2) is 8.95. The molecule has 128 valence electrons. The molecule has 0 bridgehead atoms. The first-order valence-electron chi connectivity index (χ1n) is 7.52. The minimum absolute atomic E-state index is 0.0458. The Bertz CT molecular complexity index is 643. The average molecular weight is 332 g/mol. The summed E-state index contributed by atoms with van der Waals surface area (Å²) in [6, 6.07) is 9.91. The SMILES string of the molecule is COCOC(C)c1ccc(CCOc2ccc([N+](=O)[O-])cc2)nc1. The van der Waals surface area contributed by atoms with Crippen molar-refractivity contribution in [1.82, 2.24) is 4.98 Å². The number of non-ortho nitro benzene ring substituents is 1. The van der Waals surface area contributed by atoms with E-state index in [4.69, 9.17) is 14.2 Å². The molecule has 0 N–H and O–H groups in total. The first kappa shape index (κ1) is 17.8. The molecule has 24 heavy (non-hydrogen) atoms. The second-order valence-corrected chi connectivity index (χ2v) is 5.15. The minimum atomic E-state index is -0.438. The lowest BCUT2D eigenvalue weighted by atomic mass is 10.1. The van der Waals surface area contributed by atoms with Crippen molar-refractivity contribution in [3.8, 4) is 5.75 Å². The van der Waals surface area contributed by atoms with Gasteiger partial charge in [0.2, 0.25) is 0 Å². The highest BCUT2D eigenvalue weighted by molar-refractivity contribution is 5.36. The standard InChI is InChI=1S/C17H20N2O5/c1-13(24-12-22-2)14-3-4-15(18-11-14)9-10-23-17-7-5-16(6-8-17)19(20)21/h3-8,11,13H,9-10,12H2,1-2H3. The van der Waals surface area contributed by atoms with Gasteiger partial charge in [-0.15, -0.1) is 0 Å². The maximum Gasteiger partial charge on any atom is 0.269 e. The van der Waals surface area contributed by atoms with Crippen LogP contribution in [0.2, 0.25) is 0 Å². The fourth-order valence-electron chi connectivity index (χ4n) is 2.03. The van der Waals surface area contributed by atoms with E-state index in [1.54, 1.807) is 25.4 Å². The van der Waals surface area contributed by atoms with Crippen LogP contribution in [-0.2, 0) is 15.9 Å². The molecule has 7 heteroatoms. The second-order valence-electron chi connectivity index (χ2n) is 5.15. The number of rotatable bonds is 9. The highest BCUT2D eigenvalue weighted by atomic mass is 16.7. The first-order chi connectivity index (χ1) is 11.6. The largest absolute Gasteiger partial charge is 0.493 e. The molecule has 0 amide bonds. The zero-order valence-electron chi connectivity index (χ0n) is 13.7. The fraction of sp³-hybridized carbons (Fsp3) is 0.353. The summed E-state index contributed by atoms with van der Waals surface area (Å²) in [5, 5.41) is 10.6. The van der Waals surface area contributed by atoms with E-state index in [0.717, 1.165) is 11.3 Å². The van der Waals surface area contributed by atoms with Gasteiger partial charge in [-0.2, -0.15) is 0 Å². The minimum Gasteiger partial charge on any atom is -0.493 e. The summed E-state index contributed by atoms with van der Waals surface area (Å²) in [7, 11) is 1.58. The van der Waals surface area contributed by atoms with Crippen molar-refractivity contribution >= 4 is 5.69 Å². The van der Waals surface area contributed by atoms with E-state index >= 15 is 0 Å². The molecule has 0 fully saturated rings. The monoisotopic (exact) mass is 332 g/mol. The highest BCUT2D eigenvalue weighted by Gasteiger charge is 2.07. The van der Waals surface area contributed by atoms with Gasteiger partial charge in [-0.25, -0.2) is 0 Å². The van der Waals surface area contributed by atoms with Crippen LogP contribution < -0.4 is 4.74 Å². The van der Waals surface area contributed by atoms with Gasteiger partial charge >= 0.3 is 0 Å². The normalized spacial score (nSPS) is 11.9. The summed E-state index contributed by atoms with van der Waals surface area (Å²) in [5.74, 6) is 0.596. The number of nitro groups is 1. The number of pyridine rings is 1. The van der Waals surface area contributed by atoms with Gasteiger partial charge in [0.15, 0.2) is 0 Å². The van der Waals surface area contributed by atoms with Crippen molar-refractivity contribution in [2.45, 2.75) is 19.4 Å². The maximum atomic E-state index is 10.6. The van der Waals surface area contributed by atoms with Crippen molar-refractivity contribution in [1.29, 1.82) is 0 Å². The molecule has 1 atom stereocenters. The van der Waals surface area contributed by atoms with Gasteiger partial charge in [-0.05, 0) is 30.7 Å². The quantitative estimate of drug-likeness (QED) is 0.398. The lowest BCUT2D eigenvalue weighted by Crippen LogP contribution is -2.06. The van der Waals surface area contributed by atoms with Gasteiger partial charge in [-0.1, -0.05) is 6.07 Å². The fourth-order valence-corrected chi connectivity index (χ4v) is 2.03. The van der Waals surface area contributed by atoms with Crippen molar-refractivity contribution in [2.24, 2.45) is 0 Å². The van der Waals surface area contributed by atoms with Gasteiger partial charge in [-0.3, -0.25) is 15.1 Å². The number of ether oxygens (including phenoxy) is 3. The average Bonchev–Trinajstić information content (AvgIpc) is 2.60. The van der Waals surface area contributed by atoms with Crippen LogP contribution in [0.5, 0.6) is 5.75 Å². The van der Waals surface area contributed by atoms with Gasteiger partial charge in [0.25, 0.3) is 5.69 Å². The Morgan fingerprint density at radius 1 is 1.21 bits per heavy atom. The Hall–Kier alpha value is -2.51. The molecule has 0 aliphatic carbocycles. The van der Waals surface area contributed by atoms with Gasteiger partial charge in [0, 0.05) is 37.6 Å². The van der Waals surface area contributed by atoms with E-state index in [0.29, 0.717) is 18.8 Å². The summed E-state index contributed by atoms with van der Waals surface area (Å²) in [5.41, 5.74) is 1.93. The molecule has 1 unspecified atom stereocenters. The number of nitrogens with zero attached hydrogens (tertiary/aromatic N) is 2. The predicted octanol–water partition coefficient (Wildman–Crippen LogP) is 3.29. The van der Waals surface area contributed by atoms with E-state index in [-0.39, 0.29) is 18.6 Å². The smallest absolute Gasteiger partial charge is 0.269 e. The first-order valence-corrected chi connectivity index (χ1v) is 7.52. The predicted molar refractivity (Wildman–Crippen MR) is 87.9 cm³/mol. The molecule has 7 nitrogen and oxygen atoms in total. The lowest BCUT2D eigenvalue weighted by Gasteiger charge is -2.12. The zero-order chi connectivity index (χ0) is 17.4. The number of methoxy groups -OCH3 is 1. The number of aromatic nitrogens is 1. The number of hydrogen-bond acceptors (Lipinski definition) is 6. The Morgan fingerprint density at radius 3 is 2.54 bits per heavy atom. The van der Waals surface area contributed by atoms with E-state index in [9.17, 15) is 10.1 Å². The molecule has 1 aromatic carbocycles. The van der Waals surface area contributed by atoms with Crippen molar-refractivity contribution in [3.63, 3.8) is 0 Å². The third-order valence-corrected chi connectivity index (χ3v) is 3.43. The van der Waals surface area contributed by atoms with Crippen LogP contribution in [0.1, 0.15) is 24.3 Å². The Morgan fingerprint density at radius 2 is 1.96 bits per heavy atom. The summed E-state index contributed by atoms with van der Waals surface area (Å²) >= 11 is 0. The van der Waals surface area contributed by atoms with Crippen LogP contribution in [0, 0.1) is 10.1 Å². The topological polar surface area (TPSA) is 83.7 Å². The Balaban J connectivity index is 1.80. The third-order valence-electron chi connectivity index (χ3n) is 3.43. The molecule has 0 spiro atoms. The van der Waals surface area contributed by atoms with Crippen LogP contribution in [-0.4, -0.2) is 30.4 Å². The molecule has 0 saturated carbocycles. The van der Waals surface area contributed by atoms with Crippen molar-refractivity contribution in [2.75, 3.05) is 20.5 Å².